The number of nitrogens with zero attached hydrogens (tertiary/aromatic N) is 3. The molecule has 2 aromatic rings. The second kappa shape index (κ2) is 7.78. The number of hydrogen-bond donors (Lipinski definition) is 1. The van der Waals surface area contributed by atoms with Crippen LogP contribution in [0.2, 0.25) is 0 Å². The van der Waals surface area contributed by atoms with Crippen LogP contribution in [0.5, 0.6) is 0 Å². The largest absolute Gasteiger partial charge is 0.391 e. The third-order valence-corrected chi connectivity index (χ3v) is 4.73. The van der Waals surface area contributed by atoms with Crippen LogP contribution in [0.4, 0.5) is 0 Å². The van der Waals surface area contributed by atoms with E-state index in [1.807, 2.05) is 6.07 Å². The minimum atomic E-state index is -0.487. The average molecular weight is 343 g/mol. The summed E-state index contributed by atoms with van der Waals surface area (Å²) in [5.41, 5.74) is 0.155. The van der Waals surface area contributed by atoms with Crippen LogP contribution >= 0.6 is 0 Å². The molecule has 134 valence electrons. The lowest BCUT2D eigenvalue weighted by Crippen LogP contribution is -2.43. The summed E-state index contributed by atoms with van der Waals surface area (Å²) >= 11 is 0. The molecule has 25 heavy (non-hydrogen) atoms. The number of unbranched alkanes of at least 4 members (excludes halogenated alkanes) is 2. The quantitative estimate of drug-likeness (QED) is 0.845. The fraction of sp³-hybridized carbons (Fsp3) is 0.526. The Bertz CT molecular complexity index is 815. The van der Waals surface area contributed by atoms with Gasteiger partial charge < -0.3 is 10.0 Å². The highest BCUT2D eigenvalue weighted by Crippen LogP contribution is 2.18. The molecule has 0 spiro atoms. The van der Waals surface area contributed by atoms with Gasteiger partial charge in [0, 0.05) is 25.0 Å². The first-order valence-corrected chi connectivity index (χ1v) is 9.09. The van der Waals surface area contributed by atoms with Gasteiger partial charge in [-0.25, -0.2) is 4.68 Å². The van der Waals surface area contributed by atoms with E-state index in [1.165, 1.54) is 4.68 Å². The summed E-state index contributed by atoms with van der Waals surface area (Å²) in [5, 5.41) is 15.4. The van der Waals surface area contributed by atoms with Crippen LogP contribution in [0.1, 0.15) is 49.5 Å². The van der Waals surface area contributed by atoms with E-state index < -0.39 is 6.10 Å². The van der Waals surface area contributed by atoms with Gasteiger partial charge in [-0.05, 0) is 25.3 Å². The van der Waals surface area contributed by atoms with Gasteiger partial charge in [-0.3, -0.25) is 9.59 Å². The summed E-state index contributed by atoms with van der Waals surface area (Å²) < 4.78 is 1.42. The molecule has 6 heteroatoms. The molecule has 6 nitrogen and oxygen atoms in total. The first-order chi connectivity index (χ1) is 12.1. The summed E-state index contributed by atoms with van der Waals surface area (Å²) in [7, 11) is 0. The maximum atomic E-state index is 13.0. The highest BCUT2D eigenvalue weighted by molar-refractivity contribution is 6.04. The molecular formula is C19H25N3O3. The number of hydrogen-bond acceptors (Lipinski definition) is 4. The highest BCUT2D eigenvalue weighted by Gasteiger charge is 2.26. The van der Waals surface area contributed by atoms with Crippen LogP contribution in [0.25, 0.3) is 10.8 Å². The molecule has 1 fully saturated rings. The van der Waals surface area contributed by atoms with Gasteiger partial charge in [0.2, 0.25) is 0 Å². The number of β-amino-alcohol motifs (C(OH)–C–C–N with tert-alkyl or cyclic N) is 1. The number of aliphatic hydroxyl groups excluding tert-OH is 1. The van der Waals surface area contributed by atoms with E-state index in [2.05, 4.69) is 12.0 Å². The van der Waals surface area contributed by atoms with Crippen molar-refractivity contribution in [3.05, 3.63) is 40.3 Å². The molecule has 1 aromatic carbocycles. The lowest BCUT2D eigenvalue weighted by Gasteiger charge is -2.30. The Labute approximate surface area is 147 Å². The molecule has 1 amide bonds. The van der Waals surface area contributed by atoms with Crippen molar-refractivity contribution in [1.82, 2.24) is 14.7 Å². The molecule has 1 saturated heterocycles. The first kappa shape index (κ1) is 17.6. The number of piperidine rings is 1. The van der Waals surface area contributed by atoms with E-state index in [4.69, 9.17) is 0 Å². The molecular weight excluding hydrogens is 318 g/mol. The summed E-state index contributed by atoms with van der Waals surface area (Å²) in [4.78, 5) is 27.3. The van der Waals surface area contributed by atoms with Crippen molar-refractivity contribution >= 4 is 16.7 Å². The van der Waals surface area contributed by atoms with Gasteiger partial charge in [-0.1, -0.05) is 38.0 Å². The Kier molecular flexibility index (Phi) is 5.48. The van der Waals surface area contributed by atoms with Gasteiger partial charge in [0.15, 0.2) is 5.69 Å². The van der Waals surface area contributed by atoms with E-state index in [-0.39, 0.29) is 11.5 Å². The third-order valence-electron chi connectivity index (χ3n) is 4.73. The lowest BCUT2D eigenvalue weighted by molar-refractivity contribution is 0.0468. The molecule has 0 bridgehead atoms. The monoisotopic (exact) mass is 343 g/mol. The number of amides is 1. The number of aryl methyl sites for hydroxylation is 1. The van der Waals surface area contributed by atoms with Gasteiger partial charge >= 0.3 is 0 Å². The van der Waals surface area contributed by atoms with Crippen molar-refractivity contribution < 1.29 is 9.90 Å². The second-order valence-corrected chi connectivity index (χ2v) is 6.68. The minimum absolute atomic E-state index is 0.151. The Morgan fingerprint density at radius 1 is 1.28 bits per heavy atom. The Balaban J connectivity index is 2.02. The van der Waals surface area contributed by atoms with Crippen LogP contribution in [-0.4, -0.2) is 44.9 Å². The molecule has 0 radical (unpaired) electrons. The number of carbonyl (C=O) groups excluding carboxylic acids is 1. The number of aromatic nitrogens is 2. The van der Waals surface area contributed by atoms with Crippen molar-refractivity contribution in [1.29, 1.82) is 0 Å². The smallest absolute Gasteiger partial charge is 0.275 e. The minimum Gasteiger partial charge on any atom is -0.391 e. The second-order valence-electron chi connectivity index (χ2n) is 6.68. The van der Waals surface area contributed by atoms with Gasteiger partial charge in [0.05, 0.1) is 11.5 Å². The number of carbonyl (C=O) groups is 1. The van der Waals surface area contributed by atoms with Gasteiger partial charge in [0.25, 0.3) is 11.5 Å². The third kappa shape index (κ3) is 3.74. The predicted octanol–water partition coefficient (Wildman–Crippen LogP) is 2.18. The van der Waals surface area contributed by atoms with E-state index >= 15 is 0 Å². The molecule has 0 aliphatic carbocycles. The Hall–Kier alpha value is -2.21. The highest BCUT2D eigenvalue weighted by atomic mass is 16.3. The summed E-state index contributed by atoms with van der Waals surface area (Å²) in [6, 6.07) is 7.14. The van der Waals surface area contributed by atoms with E-state index in [1.54, 1.807) is 23.1 Å². The van der Waals surface area contributed by atoms with E-state index in [0.29, 0.717) is 42.5 Å². The summed E-state index contributed by atoms with van der Waals surface area (Å²) in [6.07, 6.45) is 3.94. The maximum Gasteiger partial charge on any atom is 0.275 e. The molecule has 1 unspecified atom stereocenters. The standard InChI is InChI=1S/C19H25N3O3/c1-2-3-6-12-22-18(24)16-10-5-4-9-15(16)17(20-22)19(25)21-11-7-8-14(23)13-21/h4-5,9-10,14,23H,2-3,6-8,11-13H2,1H3. The van der Waals surface area contributed by atoms with Gasteiger partial charge in [0.1, 0.15) is 0 Å². The fourth-order valence-corrected chi connectivity index (χ4v) is 3.35. The van der Waals surface area contributed by atoms with Crippen molar-refractivity contribution in [2.75, 3.05) is 13.1 Å². The predicted molar refractivity (Wildman–Crippen MR) is 96.7 cm³/mol. The van der Waals surface area contributed by atoms with Crippen molar-refractivity contribution in [3.8, 4) is 0 Å². The molecule has 3 rings (SSSR count). The average Bonchev–Trinajstić information content (AvgIpc) is 2.63. The number of likely N-dealkylation sites (tertiary alicyclic amines) is 1. The Morgan fingerprint density at radius 2 is 2.04 bits per heavy atom. The van der Waals surface area contributed by atoms with Crippen LogP contribution in [-0.2, 0) is 6.54 Å². The van der Waals surface area contributed by atoms with E-state index in [0.717, 1.165) is 25.7 Å². The molecule has 1 N–H and O–H groups in total. The number of benzene rings is 1. The Morgan fingerprint density at radius 3 is 2.76 bits per heavy atom. The normalized spacial score (nSPS) is 17.8. The van der Waals surface area contributed by atoms with Gasteiger partial charge in [-0.15, -0.1) is 0 Å². The number of aliphatic hydroxyl groups is 1. The molecule has 1 aliphatic heterocycles. The van der Waals surface area contributed by atoms with Crippen molar-refractivity contribution in [2.45, 2.75) is 51.7 Å². The molecule has 0 saturated carbocycles. The zero-order valence-corrected chi connectivity index (χ0v) is 14.6. The zero-order valence-electron chi connectivity index (χ0n) is 14.6. The molecule has 1 atom stereocenters. The SMILES string of the molecule is CCCCCn1nc(C(=O)N2CCCC(O)C2)c2ccccc2c1=O. The molecule has 1 aromatic heterocycles. The van der Waals surface area contributed by atoms with Crippen LogP contribution in [0, 0.1) is 0 Å². The van der Waals surface area contributed by atoms with Crippen molar-refractivity contribution in [3.63, 3.8) is 0 Å². The number of rotatable bonds is 5. The van der Waals surface area contributed by atoms with Gasteiger partial charge in [-0.2, -0.15) is 5.10 Å². The molecule has 2 heterocycles. The zero-order chi connectivity index (χ0) is 17.8. The number of fused-ring (bicyclic) bond motifs is 1. The van der Waals surface area contributed by atoms with Crippen molar-refractivity contribution in [2.24, 2.45) is 0 Å². The summed E-state index contributed by atoms with van der Waals surface area (Å²) in [5.74, 6) is -0.209. The maximum absolute atomic E-state index is 13.0. The first-order valence-electron chi connectivity index (χ1n) is 9.09. The van der Waals surface area contributed by atoms with Crippen LogP contribution in [0.3, 0.4) is 0 Å². The fourth-order valence-electron chi connectivity index (χ4n) is 3.35. The summed E-state index contributed by atoms with van der Waals surface area (Å²) in [6.45, 7) is 3.55. The topological polar surface area (TPSA) is 75.4 Å². The van der Waals surface area contributed by atoms with Crippen LogP contribution in [0.15, 0.2) is 29.1 Å². The lowest BCUT2D eigenvalue weighted by atomic mass is 10.1. The van der Waals surface area contributed by atoms with E-state index in [9.17, 15) is 14.7 Å². The van der Waals surface area contributed by atoms with Crippen LogP contribution < -0.4 is 5.56 Å². The molecule has 1 aliphatic rings.